The van der Waals surface area contributed by atoms with E-state index < -0.39 is 11.7 Å². The Kier molecular flexibility index (Phi) is 3.77. The van der Waals surface area contributed by atoms with Gasteiger partial charge in [0, 0.05) is 44.8 Å². The van der Waals surface area contributed by atoms with Gasteiger partial charge in [0.05, 0.1) is 5.56 Å². The number of piperazine rings is 1. The second-order valence-corrected chi connectivity index (χ2v) is 6.00. The number of hydrogen-bond acceptors (Lipinski definition) is 6. The van der Waals surface area contributed by atoms with E-state index in [9.17, 15) is 9.59 Å². The number of hydrogen-bond donors (Lipinski definition) is 1. The summed E-state index contributed by atoms with van der Waals surface area (Å²) in [5, 5.41) is 4.15. The second kappa shape index (κ2) is 6.10. The van der Waals surface area contributed by atoms with Crippen molar-refractivity contribution in [1.29, 1.82) is 0 Å². The fourth-order valence-corrected chi connectivity index (χ4v) is 2.94. The van der Waals surface area contributed by atoms with Gasteiger partial charge < -0.3 is 14.8 Å². The maximum absolute atomic E-state index is 12.7. The molecule has 1 saturated heterocycles. The molecule has 0 saturated carbocycles. The third-order valence-corrected chi connectivity index (χ3v) is 4.39. The lowest BCUT2D eigenvalue weighted by molar-refractivity contribution is -0.127. The van der Waals surface area contributed by atoms with E-state index in [4.69, 9.17) is 0 Å². The number of Topliss-reactive ketones (excluding diaryl/α,β-unsaturated/α-hetero) is 1. The van der Waals surface area contributed by atoms with Crippen LogP contribution in [0.25, 0.3) is 16.9 Å². The molecule has 1 amide bonds. The minimum atomic E-state index is -0.555. The molecule has 1 aliphatic rings. The second-order valence-electron chi connectivity index (χ2n) is 6.00. The van der Waals surface area contributed by atoms with Crippen molar-refractivity contribution >= 4 is 22.7 Å². The lowest BCUT2D eigenvalue weighted by Crippen LogP contribution is -2.49. The van der Waals surface area contributed by atoms with Crippen molar-refractivity contribution in [2.45, 2.75) is 0 Å². The number of amides is 1. The van der Waals surface area contributed by atoms with Crippen LogP contribution in [-0.2, 0) is 4.79 Å². The molecule has 4 heterocycles. The highest BCUT2D eigenvalue weighted by Crippen LogP contribution is 2.21. The SMILES string of the molecule is CN1CCN(C(=O)C(=O)c2c[nH]c3c(-n4cccn4)ncnc23)CC1. The largest absolute Gasteiger partial charge is 0.356 e. The first-order valence-electron chi connectivity index (χ1n) is 7.99. The Morgan fingerprint density at radius 1 is 1.16 bits per heavy atom. The van der Waals surface area contributed by atoms with E-state index in [1.807, 2.05) is 7.05 Å². The monoisotopic (exact) mass is 339 g/mol. The maximum Gasteiger partial charge on any atom is 0.295 e. The lowest BCUT2D eigenvalue weighted by atomic mass is 10.1. The van der Waals surface area contributed by atoms with Crippen LogP contribution >= 0.6 is 0 Å². The smallest absolute Gasteiger partial charge is 0.295 e. The molecule has 3 aromatic heterocycles. The summed E-state index contributed by atoms with van der Waals surface area (Å²) in [6.07, 6.45) is 6.27. The van der Waals surface area contributed by atoms with E-state index in [1.54, 1.807) is 28.0 Å². The molecular formula is C16H17N7O2. The van der Waals surface area contributed by atoms with Crippen LogP contribution in [0.15, 0.2) is 31.0 Å². The number of carbonyl (C=O) groups is 2. The van der Waals surface area contributed by atoms with Gasteiger partial charge in [-0.2, -0.15) is 5.10 Å². The molecule has 4 rings (SSSR count). The summed E-state index contributed by atoms with van der Waals surface area (Å²) < 4.78 is 1.58. The first-order chi connectivity index (χ1) is 12.1. The Morgan fingerprint density at radius 3 is 2.68 bits per heavy atom. The Morgan fingerprint density at radius 2 is 1.96 bits per heavy atom. The molecular weight excluding hydrogens is 322 g/mol. The summed E-state index contributed by atoms with van der Waals surface area (Å²) >= 11 is 0. The highest BCUT2D eigenvalue weighted by Gasteiger charge is 2.28. The first kappa shape index (κ1) is 15.5. The molecule has 0 atom stereocenters. The number of ketones is 1. The zero-order valence-corrected chi connectivity index (χ0v) is 13.7. The topological polar surface area (TPSA) is 100 Å². The highest BCUT2D eigenvalue weighted by atomic mass is 16.2. The predicted molar refractivity (Wildman–Crippen MR) is 89.4 cm³/mol. The van der Waals surface area contributed by atoms with Crippen LogP contribution in [0.4, 0.5) is 0 Å². The van der Waals surface area contributed by atoms with Crippen LogP contribution in [0, 0.1) is 0 Å². The van der Waals surface area contributed by atoms with Crippen molar-refractivity contribution in [1.82, 2.24) is 34.5 Å². The maximum atomic E-state index is 12.7. The van der Waals surface area contributed by atoms with E-state index in [2.05, 4.69) is 25.0 Å². The van der Waals surface area contributed by atoms with Gasteiger partial charge in [-0.25, -0.2) is 14.6 Å². The molecule has 1 fully saturated rings. The summed E-state index contributed by atoms with van der Waals surface area (Å²) in [5.74, 6) is -0.518. The number of rotatable bonds is 3. The standard InChI is InChI=1S/C16H17N7O2/c1-21-5-7-22(8-6-21)16(25)14(24)11-9-17-13-12(11)18-10-19-15(13)23-4-2-3-20-23/h2-4,9-10,17H,5-8H2,1H3. The molecule has 0 unspecified atom stereocenters. The quantitative estimate of drug-likeness (QED) is 0.537. The highest BCUT2D eigenvalue weighted by molar-refractivity contribution is 6.44. The molecule has 0 bridgehead atoms. The number of likely N-dealkylation sites (N-methyl/N-ethyl adjacent to an activating group) is 1. The third-order valence-electron chi connectivity index (χ3n) is 4.39. The molecule has 128 valence electrons. The van der Waals surface area contributed by atoms with Gasteiger partial charge >= 0.3 is 0 Å². The van der Waals surface area contributed by atoms with Crippen molar-refractivity contribution < 1.29 is 9.59 Å². The summed E-state index contributed by atoms with van der Waals surface area (Å²) in [4.78, 5) is 40.4. The van der Waals surface area contributed by atoms with Crippen molar-refractivity contribution in [3.63, 3.8) is 0 Å². The van der Waals surface area contributed by atoms with Crippen molar-refractivity contribution in [3.05, 3.63) is 36.5 Å². The van der Waals surface area contributed by atoms with Crippen LogP contribution in [0.5, 0.6) is 0 Å². The van der Waals surface area contributed by atoms with E-state index in [0.29, 0.717) is 29.9 Å². The molecule has 9 heteroatoms. The van der Waals surface area contributed by atoms with Gasteiger partial charge in [0.25, 0.3) is 11.7 Å². The average molecular weight is 339 g/mol. The van der Waals surface area contributed by atoms with E-state index >= 15 is 0 Å². The van der Waals surface area contributed by atoms with Crippen molar-refractivity contribution in [3.8, 4) is 5.82 Å². The van der Waals surface area contributed by atoms with Crippen LogP contribution in [-0.4, -0.2) is 79.4 Å². The van der Waals surface area contributed by atoms with E-state index in [0.717, 1.165) is 13.1 Å². The molecule has 25 heavy (non-hydrogen) atoms. The summed E-state index contributed by atoms with van der Waals surface area (Å²) in [5.41, 5.74) is 1.25. The van der Waals surface area contributed by atoms with Gasteiger partial charge in [0.15, 0.2) is 5.82 Å². The van der Waals surface area contributed by atoms with E-state index in [1.165, 1.54) is 12.5 Å². The number of nitrogens with one attached hydrogen (secondary N) is 1. The Bertz CT molecular complexity index is 923. The number of aromatic amines is 1. The molecule has 1 N–H and O–H groups in total. The van der Waals surface area contributed by atoms with Gasteiger partial charge in [0.1, 0.15) is 17.4 Å². The summed E-state index contributed by atoms with van der Waals surface area (Å²) in [7, 11) is 2.00. The zero-order valence-electron chi connectivity index (χ0n) is 13.7. The van der Waals surface area contributed by atoms with Gasteiger partial charge in [-0.05, 0) is 13.1 Å². The number of nitrogens with zero attached hydrogens (tertiary/aromatic N) is 6. The summed E-state index contributed by atoms with van der Waals surface area (Å²) in [6, 6.07) is 1.78. The normalized spacial score (nSPS) is 15.6. The first-order valence-corrected chi connectivity index (χ1v) is 7.99. The minimum Gasteiger partial charge on any atom is -0.356 e. The predicted octanol–water partition coefficient (Wildman–Crippen LogP) is 0.100. The fraction of sp³-hybridized carbons (Fsp3) is 0.312. The van der Waals surface area contributed by atoms with Crippen LogP contribution < -0.4 is 0 Å². The van der Waals surface area contributed by atoms with Crippen LogP contribution in [0.3, 0.4) is 0 Å². The molecule has 0 spiro atoms. The number of carbonyl (C=O) groups excluding carboxylic acids is 2. The van der Waals surface area contributed by atoms with Crippen LogP contribution in [0.1, 0.15) is 10.4 Å². The number of aromatic nitrogens is 5. The molecule has 9 nitrogen and oxygen atoms in total. The molecule has 1 aliphatic heterocycles. The van der Waals surface area contributed by atoms with Crippen LogP contribution in [0.2, 0.25) is 0 Å². The Hall–Kier alpha value is -3.07. The molecule has 0 radical (unpaired) electrons. The van der Waals surface area contributed by atoms with Gasteiger partial charge in [0.2, 0.25) is 0 Å². The van der Waals surface area contributed by atoms with Gasteiger partial charge in [-0.15, -0.1) is 0 Å². The Balaban J connectivity index is 1.67. The molecule has 0 aliphatic carbocycles. The fourth-order valence-electron chi connectivity index (χ4n) is 2.94. The minimum absolute atomic E-state index is 0.259. The third kappa shape index (κ3) is 2.68. The Labute approximate surface area is 143 Å². The van der Waals surface area contributed by atoms with E-state index in [-0.39, 0.29) is 5.56 Å². The number of fused-ring (bicyclic) bond motifs is 1. The summed E-state index contributed by atoms with van der Waals surface area (Å²) in [6.45, 7) is 2.63. The lowest BCUT2D eigenvalue weighted by Gasteiger charge is -2.31. The van der Waals surface area contributed by atoms with Gasteiger partial charge in [-0.1, -0.05) is 0 Å². The van der Waals surface area contributed by atoms with Crippen molar-refractivity contribution in [2.24, 2.45) is 0 Å². The molecule has 3 aromatic rings. The van der Waals surface area contributed by atoms with Gasteiger partial charge in [-0.3, -0.25) is 9.59 Å². The zero-order chi connectivity index (χ0) is 17.4. The number of H-pyrrole nitrogens is 1. The molecule has 0 aromatic carbocycles. The average Bonchev–Trinajstić information content (AvgIpc) is 3.30. The van der Waals surface area contributed by atoms with Crippen molar-refractivity contribution in [2.75, 3.05) is 33.2 Å².